The predicted octanol–water partition coefficient (Wildman–Crippen LogP) is 4.36. The van der Waals surface area contributed by atoms with Crippen molar-refractivity contribution in [3.8, 4) is 16.9 Å². The Morgan fingerprint density at radius 3 is 2.10 bits per heavy atom. The van der Waals surface area contributed by atoms with Gasteiger partial charge in [0, 0.05) is 5.56 Å². The van der Waals surface area contributed by atoms with Gasteiger partial charge in [0.25, 0.3) is 0 Å². The first-order chi connectivity index (χ1) is 9.80. The van der Waals surface area contributed by atoms with E-state index in [1.807, 2.05) is 6.92 Å². The first kappa shape index (κ1) is 15.4. The maximum Gasteiger partial charge on any atom is 0.573 e. The first-order valence-electron chi connectivity index (χ1n) is 6.37. The fourth-order valence-electron chi connectivity index (χ4n) is 2.18. The van der Waals surface area contributed by atoms with E-state index in [2.05, 4.69) is 4.74 Å². The highest BCUT2D eigenvalue weighted by Gasteiger charge is 2.32. The molecular weight excluding hydrogens is 281 g/mol. The van der Waals surface area contributed by atoms with Gasteiger partial charge in [0.05, 0.1) is 6.61 Å². The molecule has 2 aromatic rings. The molecule has 0 atom stereocenters. The summed E-state index contributed by atoms with van der Waals surface area (Å²) in [5.74, 6) is -0.263. The van der Waals surface area contributed by atoms with Crippen LogP contribution in [0.2, 0.25) is 0 Å². The largest absolute Gasteiger partial charge is 0.573 e. The van der Waals surface area contributed by atoms with Crippen LogP contribution in [0.3, 0.4) is 0 Å². The van der Waals surface area contributed by atoms with Crippen LogP contribution in [0.4, 0.5) is 13.2 Å². The molecule has 2 rings (SSSR count). The summed E-state index contributed by atoms with van der Waals surface area (Å²) in [4.78, 5) is 0. The molecule has 21 heavy (non-hydrogen) atoms. The van der Waals surface area contributed by atoms with Gasteiger partial charge in [-0.2, -0.15) is 0 Å². The minimum atomic E-state index is -4.76. The number of hydrogen-bond donors (Lipinski definition) is 1. The Bertz CT molecular complexity index is 648. The molecule has 0 heterocycles. The Morgan fingerprint density at radius 1 is 0.952 bits per heavy atom. The number of hydrogen-bond acceptors (Lipinski definition) is 2. The number of ether oxygens (including phenoxy) is 1. The summed E-state index contributed by atoms with van der Waals surface area (Å²) in [5.41, 5.74) is 2.99. The number of aliphatic hydroxyl groups is 1. The molecule has 0 saturated carbocycles. The van der Waals surface area contributed by atoms with E-state index in [1.165, 1.54) is 6.07 Å². The maximum atomic E-state index is 12.5. The van der Waals surface area contributed by atoms with Crippen molar-refractivity contribution in [3.05, 3.63) is 53.1 Å². The lowest BCUT2D eigenvalue weighted by molar-refractivity contribution is -0.274. The van der Waals surface area contributed by atoms with Gasteiger partial charge in [0.15, 0.2) is 0 Å². The third-order valence-corrected chi connectivity index (χ3v) is 3.08. The summed E-state index contributed by atoms with van der Waals surface area (Å²) in [6, 6.07) is 9.83. The lowest BCUT2D eigenvalue weighted by atomic mass is 9.96. The molecule has 0 aliphatic rings. The van der Waals surface area contributed by atoms with Crippen molar-refractivity contribution in [2.75, 3.05) is 0 Å². The number of alkyl halides is 3. The zero-order chi connectivity index (χ0) is 15.6. The van der Waals surface area contributed by atoms with Crippen molar-refractivity contribution < 1.29 is 23.0 Å². The van der Waals surface area contributed by atoms with E-state index >= 15 is 0 Å². The molecule has 0 radical (unpaired) electrons. The Balaban J connectivity index is 2.58. The van der Waals surface area contributed by atoms with Crippen molar-refractivity contribution in [2.45, 2.75) is 26.8 Å². The van der Waals surface area contributed by atoms with Crippen LogP contribution >= 0.6 is 0 Å². The molecule has 0 aromatic heterocycles. The Hall–Kier alpha value is -2.01. The van der Waals surface area contributed by atoms with Crippen LogP contribution < -0.4 is 4.74 Å². The van der Waals surface area contributed by atoms with Crippen LogP contribution in [0.15, 0.2) is 36.4 Å². The average molecular weight is 296 g/mol. The topological polar surface area (TPSA) is 29.5 Å². The maximum absolute atomic E-state index is 12.5. The van der Waals surface area contributed by atoms with E-state index < -0.39 is 6.36 Å². The van der Waals surface area contributed by atoms with Crippen molar-refractivity contribution in [3.63, 3.8) is 0 Å². The number of benzene rings is 2. The van der Waals surface area contributed by atoms with Gasteiger partial charge in [-0.1, -0.05) is 35.9 Å². The van der Waals surface area contributed by atoms with Crippen molar-refractivity contribution in [1.82, 2.24) is 0 Å². The van der Waals surface area contributed by atoms with Gasteiger partial charge in [-0.25, -0.2) is 0 Å². The van der Waals surface area contributed by atoms with Gasteiger partial charge < -0.3 is 9.84 Å². The molecule has 0 aliphatic heterocycles. The molecule has 1 N–H and O–H groups in total. The third-order valence-electron chi connectivity index (χ3n) is 3.08. The van der Waals surface area contributed by atoms with Crippen LogP contribution in [-0.2, 0) is 6.61 Å². The molecule has 112 valence electrons. The summed E-state index contributed by atoms with van der Waals surface area (Å²) in [6.45, 7) is 3.29. The SMILES string of the molecule is Cc1ccc(-c2ccc(C)cc2OC(F)(F)F)c(CO)c1. The molecular formula is C16H15F3O2. The predicted molar refractivity (Wildman–Crippen MR) is 74.0 cm³/mol. The zero-order valence-electron chi connectivity index (χ0n) is 11.7. The summed E-state index contributed by atoms with van der Waals surface area (Å²) in [6.07, 6.45) is -4.76. The summed E-state index contributed by atoms with van der Waals surface area (Å²) in [7, 11) is 0. The van der Waals surface area contributed by atoms with E-state index in [-0.39, 0.29) is 12.4 Å². The minimum Gasteiger partial charge on any atom is -0.405 e. The van der Waals surface area contributed by atoms with E-state index in [9.17, 15) is 18.3 Å². The molecule has 5 heteroatoms. The van der Waals surface area contributed by atoms with Gasteiger partial charge in [0.1, 0.15) is 5.75 Å². The molecule has 0 saturated heterocycles. The first-order valence-corrected chi connectivity index (χ1v) is 6.37. The second-order valence-corrected chi connectivity index (χ2v) is 4.87. The molecule has 0 unspecified atom stereocenters. The van der Waals surface area contributed by atoms with Crippen LogP contribution in [0.5, 0.6) is 5.75 Å². The number of rotatable bonds is 3. The van der Waals surface area contributed by atoms with Gasteiger partial charge in [0.2, 0.25) is 0 Å². The van der Waals surface area contributed by atoms with Crippen LogP contribution in [0.1, 0.15) is 16.7 Å². The number of aliphatic hydroxyl groups excluding tert-OH is 1. The average Bonchev–Trinajstić information content (AvgIpc) is 2.37. The summed E-state index contributed by atoms with van der Waals surface area (Å²) in [5, 5.41) is 9.42. The normalized spacial score (nSPS) is 11.5. The monoisotopic (exact) mass is 296 g/mol. The Kier molecular flexibility index (Phi) is 4.23. The fourth-order valence-corrected chi connectivity index (χ4v) is 2.18. The second-order valence-electron chi connectivity index (χ2n) is 4.87. The lowest BCUT2D eigenvalue weighted by Gasteiger charge is -2.16. The zero-order valence-corrected chi connectivity index (χ0v) is 11.7. The van der Waals surface area contributed by atoms with Gasteiger partial charge in [-0.3, -0.25) is 0 Å². The standard InChI is InChI=1S/C16H15F3O2/c1-10-3-5-13(12(7-10)9-20)14-6-4-11(2)8-15(14)21-16(17,18)19/h3-8,20H,9H2,1-2H3. The van der Waals surface area contributed by atoms with E-state index in [0.717, 1.165) is 5.56 Å². The van der Waals surface area contributed by atoms with Gasteiger partial charge in [-0.05, 0) is 36.6 Å². The molecule has 0 amide bonds. The molecule has 0 bridgehead atoms. The molecule has 0 spiro atoms. The van der Waals surface area contributed by atoms with E-state index in [0.29, 0.717) is 22.3 Å². The number of halogens is 3. The highest BCUT2D eigenvalue weighted by atomic mass is 19.4. The third kappa shape index (κ3) is 3.76. The smallest absolute Gasteiger partial charge is 0.405 e. The van der Waals surface area contributed by atoms with E-state index in [4.69, 9.17) is 0 Å². The lowest BCUT2D eigenvalue weighted by Crippen LogP contribution is -2.17. The quantitative estimate of drug-likeness (QED) is 0.911. The highest BCUT2D eigenvalue weighted by molar-refractivity contribution is 5.74. The minimum absolute atomic E-state index is 0.254. The van der Waals surface area contributed by atoms with Crippen LogP contribution in [0.25, 0.3) is 11.1 Å². The Labute approximate surface area is 120 Å². The second kappa shape index (κ2) is 5.77. The van der Waals surface area contributed by atoms with Gasteiger partial charge >= 0.3 is 6.36 Å². The van der Waals surface area contributed by atoms with Crippen LogP contribution in [0, 0.1) is 13.8 Å². The van der Waals surface area contributed by atoms with Gasteiger partial charge in [-0.15, -0.1) is 13.2 Å². The number of aryl methyl sites for hydroxylation is 2. The molecule has 0 aliphatic carbocycles. The fraction of sp³-hybridized carbons (Fsp3) is 0.250. The Morgan fingerprint density at radius 2 is 1.52 bits per heavy atom. The molecule has 2 nitrogen and oxygen atoms in total. The van der Waals surface area contributed by atoms with Crippen molar-refractivity contribution in [2.24, 2.45) is 0 Å². The summed E-state index contributed by atoms with van der Waals surface area (Å²) < 4.78 is 41.7. The van der Waals surface area contributed by atoms with Crippen molar-refractivity contribution >= 4 is 0 Å². The van der Waals surface area contributed by atoms with Crippen LogP contribution in [-0.4, -0.2) is 11.5 Å². The molecule has 2 aromatic carbocycles. The van der Waals surface area contributed by atoms with E-state index in [1.54, 1.807) is 37.3 Å². The highest BCUT2D eigenvalue weighted by Crippen LogP contribution is 2.36. The molecule has 0 fully saturated rings. The summed E-state index contributed by atoms with van der Waals surface area (Å²) >= 11 is 0. The van der Waals surface area contributed by atoms with Crippen molar-refractivity contribution in [1.29, 1.82) is 0 Å².